The van der Waals surface area contributed by atoms with Crippen molar-refractivity contribution in [2.75, 3.05) is 18.6 Å². The van der Waals surface area contributed by atoms with Crippen molar-refractivity contribution in [1.82, 2.24) is 4.90 Å². The molecule has 0 aromatic heterocycles. The van der Waals surface area contributed by atoms with E-state index < -0.39 is 6.10 Å². The lowest BCUT2D eigenvalue weighted by Gasteiger charge is -2.32. The number of thioether (sulfide) groups is 1. The van der Waals surface area contributed by atoms with E-state index in [0.29, 0.717) is 24.0 Å². The molecule has 1 aromatic rings. The van der Waals surface area contributed by atoms with Crippen LogP contribution in [0.25, 0.3) is 0 Å². The van der Waals surface area contributed by atoms with Gasteiger partial charge in [-0.2, -0.15) is 11.8 Å². The van der Waals surface area contributed by atoms with Gasteiger partial charge in [-0.05, 0) is 70.1 Å². The average Bonchev–Trinajstić information content (AvgIpc) is 3.24. The molecule has 1 amide bonds. The molecule has 4 nitrogen and oxygen atoms in total. The molecule has 2 N–H and O–H groups in total. The lowest BCUT2D eigenvalue weighted by atomic mass is 9.88. The first-order valence-electron chi connectivity index (χ1n) is 12.2. The molecular weight excluding hydrogens is 430 g/mol. The van der Waals surface area contributed by atoms with E-state index in [1.165, 1.54) is 11.1 Å². The fourth-order valence-electron chi connectivity index (χ4n) is 5.03. The van der Waals surface area contributed by atoms with E-state index in [9.17, 15) is 15.0 Å². The van der Waals surface area contributed by atoms with Crippen molar-refractivity contribution in [2.45, 2.75) is 71.1 Å². The Morgan fingerprint density at radius 3 is 2.79 bits per heavy atom. The van der Waals surface area contributed by atoms with Crippen LogP contribution in [-0.4, -0.2) is 57.3 Å². The third kappa shape index (κ3) is 7.21. The highest BCUT2D eigenvalue weighted by Gasteiger charge is 2.43. The molecule has 1 fully saturated rings. The zero-order chi connectivity index (χ0) is 24.2. The third-order valence-electron chi connectivity index (χ3n) is 7.21. The number of aryl methyl sites for hydroxylation is 1. The summed E-state index contributed by atoms with van der Waals surface area (Å²) >= 11 is 1.71. The molecule has 33 heavy (non-hydrogen) atoms. The van der Waals surface area contributed by atoms with Crippen molar-refractivity contribution in [2.24, 2.45) is 17.8 Å². The van der Waals surface area contributed by atoms with Gasteiger partial charge >= 0.3 is 0 Å². The number of aliphatic hydroxyl groups excluding tert-OH is 2. The molecule has 2 aliphatic rings. The van der Waals surface area contributed by atoms with Gasteiger partial charge in [0, 0.05) is 24.9 Å². The fourth-order valence-corrected chi connectivity index (χ4v) is 5.95. The van der Waals surface area contributed by atoms with Crippen molar-refractivity contribution in [3.8, 4) is 0 Å². The number of allylic oxidation sites excluding steroid dienone is 2. The molecule has 2 aliphatic carbocycles. The number of hydrogen-bond donors (Lipinski definition) is 2. The first-order chi connectivity index (χ1) is 15.5. The van der Waals surface area contributed by atoms with Crippen LogP contribution >= 0.6 is 11.8 Å². The van der Waals surface area contributed by atoms with E-state index >= 15 is 0 Å². The quantitative estimate of drug-likeness (QED) is 0.402. The molecule has 0 aliphatic heterocycles. The second kappa shape index (κ2) is 11.2. The van der Waals surface area contributed by atoms with Crippen LogP contribution in [0.4, 0.5) is 0 Å². The van der Waals surface area contributed by atoms with Crippen molar-refractivity contribution in [3.05, 3.63) is 59.2 Å². The number of benzene rings is 1. The minimum absolute atomic E-state index is 0.102. The van der Waals surface area contributed by atoms with E-state index in [4.69, 9.17) is 0 Å². The average molecular weight is 472 g/mol. The molecule has 5 heteroatoms. The van der Waals surface area contributed by atoms with Crippen molar-refractivity contribution in [1.29, 1.82) is 0 Å². The molecule has 1 saturated carbocycles. The number of aliphatic hydroxyl groups is 2. The predicted molar refractivity (Wildman–Crippen MR) is 138 cm³/mol. The van der Waals surface area contributed by atoms with Gasteiger partial charge in [0.2, 0.25) is 5.91 Å². The van der Waals surface area contributed by atoms with Gasteiger partial charge in [-0.1, -0.05) is 53.6 Å². The molecule has 5 atom stereocenters. The Morgan fingerprint density at radius 2 is 2.09 bits per heavy atom. The highest BCUT2D eigenvalue weighted by Crippen LogP contribution is 2.48. The third-order valence-corrected chi connectivity index (χ3v) is 8.15. The molecule has 3 rings (SSSR count). The van der Waals surface area contributed by atoms with Crippen LogP contribution in [-0.2, 0) is 11.2 Å². The predicted octanol–water partition coefficient (Wildman–Crippen LogP) is 4.78. The zero-order valence-electron chi connectivity index (χ0n) is 20.8. The van der Waals surface area contributed by atoms with E-state index in [-0.39, 0.29) is 23.5 Å². The normalized spacial score (nSPS) is 25.8. The largest absolute Gasteiger partial charge is 0.392 e. The topological polar surface area (TPSA) is 60.8 Å². The summed E-state index contributed by atoms with van der Waals surface area (Å²) in [4.78, 5) is 14.1. The number of rotatable bonds is 9. The first-order valence-corrected chi connectivity index (χ1v) is 13.3. The van der Waals surface area contributed by atoms with E-state index in [1.807, 2.05) is 30.2 Å². The van der Waals surface area contributed by atoms with Gasteiger partial charge in [0.05, 0.1) is 18.0 Å². The monoisotopic (exact) mass is 471 g/mol. The number of carbonyl (C=O) groups is 1. The number of hydrogen-bond acceptors (Lipinski definition) is 4. The summed E-state index contributed by atoms with van der Waals surface area (Å²) in [7, 11) is 1.88. The second-order valence-electron chi connectivity index (χ2n) is 10.8. The maximum absolute atomic E-state index is 12.3. The minimum Gasteiger partial charge on any atom is -0.392 e. The SMILES string of the molecule is Cc1cccc(C[C@@H](O)/C=C/[C@@H]2[C@H]3CC(CCSCC(=O)N(C)C(C)(C)C)=C[C@H]3C[C@H]2O)c1. The van der Waals surface area contributed by atoms with Gasteiger partial charge in [-0.3, -0.25) is 4.79 Å². The Kier molecular flexibility index (Phi) is 8.88. The van der Waals surface area contributed by atoms with Gasteiger partial charge in [-0.15, -0.1) is 0 Å². The highest BCUT2D eigenvalue weighted by atomic mass is 32.2. The summed E-state index contributed by atoms with van der Waals surface area (Å²) in [6.07, 6.45) is 8.86. The number of fused-ring (bicyclic) bond motifs is 1. The number of carbonyl (C=O) groups excluding carboxylic acids is 1. The van der Waals surface area contributed by atoms with Crippen LogP contribution in [0.1, 0.15) is 51.2 Å². The van der Waals surface area contributed by atoms with Crippen LogP contribution in [0.5, 0.6) is 0 Å². The number of nitrogens with zero attached hydrogens (tertiary/aromatic N) is 1. The molecular formula is C28H41NO3S. The van der Waals surface area contributed by atoms with Gasteiger partial charge in [-0.25, -0.2) is 0 Å². The van der Waals surface area contributed by atoms with Crippen molar-refractivity contribution >= 4 is 17.7 Å². The van der Waals surface area contributed by atoms with Gasteiger partial charge in [0.1, 0.15) is 0 Å². The molecule has 0 heterocycles. The lowest BCUT2D eigenvalue weighted by Crippen LogP contribution is -2.43. The van der Waals surface area contributed by atoms with Crippen molar-refractivity contribution in [3.63, 3.8) is 0 Å². The van der Waals surface area contributed by atoms with Gasteiger partial charge in [0.25, 0.3) is 0 Å². The van der Waals surface area contributed by atoms with Crippen LogP contribution < -0.4 is 0 Å². The van der Waals surface area contributed by atoms with Gasteiger partial charge in [0.15, 0.2) is 0 Å². The smallest absolute Gasteiger partial charge is 0.232 e. The van der Waals surface area contributed by atoms with Crippen LogP contribution in [0.15, 0.2) is 48.1 Å². The van der Waals surface area contributed by atoms with Gasteiger partial charge < -0.3 is 15.1 Å². The second-order valence-corrected chi connectivity index (χ2v) is 11.9. The Balaban J connectivity index is 1.45. The molecule has 1 aromatic carbocycles. The molecule has 0 unspecified atom stereocenters. The lowest BCUT2D eigenvalue weighted by molar-refractivity contribution is -0.131. The van der Waals surface area contributed by atoms with Crippen LogP contribution in [0.2, 0.25) is 0 Å². The van der Waals surface area contributed by atoms with Crippen LogP contribution in [0.3, 0.4) is 0 Å². The summed E-state index contributed by atoms with van der Waals surface area (Å²) in [5.41, 5.74) is 3.65. The van der Waals surface area contributed by atoms with Crippen molar-refractivity contribution < 1.29 is 15.0 Å². The fraction of sp³-hybridized carbons (Fsp3) is 0.607. The minimum atomic E-state index is -0.535. The van der Waals surface area contributed by atoms with E-state index in [1.54, 1.807) is 11.8 Å². The number of amides is 1. The van der Waals surface area contributed by atoms with E-state index in [2.05, 4.69) is 52.0 Å². The molecule has 0 spiro atoms. The standard InChI is InChI=1S/C28H41NO3S/c1-19-7-6-8-20(13-19)15-23(30)9-10-24-25-16-21(14-22(25)17-26(24)31)11-12-33-18-27(32)29(5)28(2,3)4/h6-10,13-14,22-26,30-31H,11-12,15-18H2,1-5H3/b10-9+/t22-,23-,24+,25-,26+/m0/s1. The Hall–Kier alpha value is -1.56. The zero-order valence-corrected chi connectivity index (χ0v) is 21.6. The Bertz CT molecular complexity index is 872. The summed E-state index contributed by atoms with van der Waals surface area (Å²) in [5.74, 6) is 2.62. The maximum atomic E-state index is 12.3. The van der Waals surface area contributed by atoms with E-state index in [0.717, 1.165) is 30.6 Å². The Labute approximate surface area is 204 Å². The summed E-state index contributed by atoms with van der Waals surface area (Å²) in [6.45, 7) is 8.22. The summed E-state index contributed by atoms with van der Waals surface area (Å²) in [6, 6.07) is 8.24. The molecule has 0 bridgehead atoms. The summed E-state index contributed by atoms with van der Waals surface area (Å²) in [5, 5.41) is 21.1. The molecule has 0 radical (unpaired) electrons. The molecule has 0 saturated heterocycles. The maximum Gasteiger partial charge on any atom is 0.232 e. The summed E-state index contributed by atoms with van der Waals surface area (Å²) < 4.78 is 0. The molecule has 182 valence electrons. The van der Waals surface area contributed by atoms with Crippen LogP contribution in [0, 0.1) is 24.7 Å². The Morgan fingerprint density at radius 1 is 1.33 bits per heavy atom. The highest BCUT2D eigenvalue weighted by molar-refractivity contribution is 7.99. The first kappa shape index (κ1) is 26.1.